The lowest BCUT2D eigenvalue weighted by Crippen LogP contribution is -2.39. The van der Waals surface area contributed by atoms with Crippen molar-refractivity contribution in [1.29, 1.82) is 0 Å². The van der Waals surface area contributed by atoms with Crippen molar-refractivity contribution in [3.05, 3.63) is 195 Å². The molecule has 0 amide bonds. The predicted molar refractivity (Wildman–Crippen MR) is 283 cm³/mol. The molecule has 0 spiro atoms. The van der Waals surface area contributed by atoms with Crippen LogP contribution in [0.15, 0.2) is 161 Å². The van der Waals surface area contributed by atoms with Crippen LogP contribution in [0.1, 0.15) is 33.5 Å². The first-order chi connectivity index (χ1) is 36.6. The second-order valence-electron chi connectivity index (χ2n) is 17.3. The van der Waals surface area contributed by atoms with Crippen molar-refractivity contribution in [2.24, 2.45) is 0 Å². The molecule has 9 aromatic rings. The number of hydrogen-bond acceptors (Lipinski definition) is 14. The second kappa shape index (κ2) is 22.1. The van der Waals surface area contributed by atoms with Crippen molar-refractivity contribution in [2.75, 3.05) is 34.5 Å². The maximum Gasteiger partial charge on any atom is 0.345 e. The highest BCUT2D eigenvalue weighted by atomic mass is 79.9. The minimum Gasteiger partial charge on any atom is -0.497 e. The number of furan rings is 1. The third-order valence-electron chi connectivity index (χ3n) is 12.8. The van der Waals surface area contributed by atoms with Gasteiger partial charge in [0.05, 0.1) is 49.8 Å². The third kappa shape index (κ3) is 10.4. The molecule has 0 aliphatic carbocycles. The number of carboxylic acids is 1. The number of benzene rings is 6. The van der Waals surface area contributed by atoms with Crippen molar-refractivity contribution >= 4 is 44.6 Å². The van der Waals surface area contributed by atoms with Gasteiger partial charge in [0.2, 0.25) is 17.7 Å². The Bertz CT molecular complexity index is 3440. The van der Waals surface area contributed by atoms with Gasteiger partial charge in [0, 0.05) is 18.2 Å². The number of aliphatic carboxylic acids is 1. The summed E-state index contributed by atoms with van der Waals surface area (Å²) in [6, 6.07) is 43.4. The van der Waals surface area contributed by atoms with Crippen molar-refractivity contribution in [3.63, 3.8) is 0 Å². The lowest BCUT2D eigenvalue weighted by Gasteiger charge is -2.37. The van der Waals surface area contributed by atoms with Gasteiger partial charge in [-0.1, -0.05) is 84.4 Å². The molecule has 0 radical (unpaired) electrons. The Labute approximate surface area is 445 Å². The molecule has 0 fully saturated rings. The van der Waals surface area contributed by atoms with Crippen LogP contribution < -0.4 is 33.2 Å². The lowest BCUT2D eigenvalue weighted by atomic mass is 9.80. The molecule has 17 heteroatoms. The monoisotopic (exact) mass is 1090 g/mol. The average Bonchev–Trinajstić information content (AvgIpc) is 3.79. The number of hydrogen-bond donors (Lipinski definition) is 1. The Kier molecular flexibility index (Phi) is 14.9. The van der Waals surface area contributed by atoms with Crippen LogP contribution in [0.4, 0.5) is 0 Å². The number of para-hydroxylation sites is 1. The molecule has 6 aromatic carbocycles. The zero-order valence-electron chi connectivity index (χ0n) is 41.0. The van der Waals surface area contributed by atoms with E-state index in [0.717, 1.165) is 16.7 Å². The summed E-state index contributed by atoms with van der Waals surface area (Å²) in [4.78, 5) is 31.3. The van der Waals surface area contributed by atoms with Gasteiger partial charge in [-0.25, -0.2) is 24.7 Å². The summed E-state index contributed by atoms with van der Waals surface area (Å²) in [6.07, 6.45) is 0.382. The quantitative estimate of drug-likeness (QED) is 0.102. The molecule has 380 valence electrons. The van der Waals surface area contributed by atoms with Gasteiger partial charge in [-0.2, -0.15) is 0 Å². The molecular formula is C58H48BrClN4O11. The largest absolute Gasteiger partial charge is 0.497 e. The maximum absolute atomic E-state index is 13.3. The van der Waals surface area contributed by atoms with Crippen molar-refractivity contribution < 1.29 is 52.2 Å². The van der Waals surface area contributed by atoms with Crippen LogP contribution in [0.2, 0.25) is 5.02 Å². The minimum absolute atomic E-state index is 0.00550. The molecule has 11 rings (SSSR count). The van der Waals surface area contributed by atoms with Crippen LogP contribution in [-0.4, -0.2) is 77.8 Å². The topological polar surface area (TPSA) is 176 Å². The Morgan fingerprint density at radius 1 is 0.773 bits per heavy atom. The fourth-order valence-electron chi connectivity index (χ4n) is 9.06. The Hall–Kier alpha value is -8.18. The highest BCUT2D eigenvalue weighted by Gasteiger charge is 2.39. The average molecular weight is 1090 g/mol. The summed E-state index contributed by atoms with van der Waals surface area (Å²) >= 11 is 10.9. The maximum atomic E-state index is 13.3. The molecule has 0 saturated heterocycles. The van der Waals surface area contributed by atoms with Crippen molar-refractivity contribution in [2.45, 2.75) is 37.8 Å². The molecule has 2 aliphatic rings. The van der Waals surface area contributed by atoms with Crippen LogP contribution in [0.5, 0.6) is 40.4 Å². The Balaban J connectivity index is 1.07. The zero-order chi connectivity index (χ0) is 52.1. The van der Waals surface area contributed by atoms with E-state index in [-0.39, 0.29) is 37.8 Å². The van der Waals surface area contributed by atoms with E-state index in [2.05, 4.69) is 30.9 Å². The van der Waals surface area contributed by atoms with E-state index in [4.69, 9.17) is 58.9 Å². The van der Waals surface area contributed by atoms with E-state index in [1.54, 1.807) is 57.9 Å². The fraction of sp³-hybridized carbons (Fsp3) is 0.190. The molecule has 4 bridgehead atoms. The first-order valence-electron chi connectivity index (χ1n) is 23.7. The van der Waals surface area contributed by atoms with Gasteiger partial charge in [-0.3, -0.25) is 0 Å². The van der Waals surface area contributed by atoms with Gasteiger partial charge in [-0.05, 0) is 117 Å². The number of fused-ring (bicyclic) bond motifs is 7. The molecular weight excluding hydrogens is 1040 g/mol. The van der Waals surface area contributed by atoms with E-state index in [0.29, 0.717) is 88.9 Å². The predicted octanol–water partition coefficient (Wildman–Crippen LogP) is 11.9. The smallest absolute Gasteiger partial charge is 0.345 e. The van der Waals surface area contributed by atoms with Crippen LogP contribution in [0.3, 0.4) is 0 Å². The van der Waals surface area contributed by atoms with E-state index >= 15 is 0 Å². The number of ether oxygens (including phenoxy) is 8. The number of carbonyl (C=O) groups is 1. The highest BCUT2D eigenvalue weighted by molar-refractivity contribution is 9.10. The molecule has 1 N–H and O–H groups in total. The molecule has 75 heavy (non-hydrogen) atoms. The van der Waals surface area contributed by atoms with Gasteiger partial charge in [0.15, 0.2) is 16.6 Å². The van der Waals surface area contributed by atoms with E-state index in [1.807, 2.05) is 116 Å². The standard InChI is InChI=1S/C58H48BrClN4O11/c1-34-44-23-25-48(52(34)60)73-43(32-72-58(36-10-6-5-7-11-36,37-14-18-40(67-2)19-15-37)38-16-20-41(68-3)21-17-38)31-70-42-22-24-46(71-30-39-26-27-61-54(64-39)45-12-8-9-13-47(45)69-4)35(28-42)29-49(57(65)66)74-55-51-50(44)53(59)75-56(51)63-33-62-55/h5-28,33,43,49H,29-32H2,1-4H3,(H,65,66)/t43-,49+/m0/s1. The summed E-state index contributed by atoms with van der Waals surface area (Å²) < 4.78 is 56.8. The second-order valence-corrected chi connectivity index (χ2v) is 18.4. The van der Waals surface area contributed by atoms with E-state index in [1.165, 1.54) is 6.33 Å². The lowest BCUT2D eigenvalue weighted by molar-refractivity contribution is -0.145. The van der Waals surface area contributed by atoms with E-state index < -0.39 is 23.8 Å². The molecule has 5 heterocycles. The van der Waals surface area contributed by atoms with Gasteiger partial charge < -0.3 is 47.4 Å². The Morgan fingerprint density at radius 2 is 1.48 bits per heavy atom. The number of carboxylic acid groups (broad SMARTS) is 1. The molecule has 0 unspecified atom stereocenters. The third-order valence-corrected chi connectivity index (χ3v) is 13.9. The van der Waals surface area contributed by atoms with Crippen molar-refractivity contribution in [3.8, 4) is 62.9 Å². The van der Waals surface area contributed by atoms with Crippen LogP contribution in [0.25, 0.3) is 33.6 Å². The van der Waals surface area contributed by atoms with Gasteiger partial charge >= 0.3 is 5.97 Å². The van der Waals surface area contributed by atoms with Gasteiger partial charge in [0.1, 0.15) is 65.0 Å². The Morgan fingerprint density at radius 3 is 2.19 bits per heavy atom. The summed E-state index contributed by atoms with van der Waals surface area (Å²) in [5.74, 6) is 2.22. The molecule has 0 saturated carbocycles. The minimum atomic E-state index is -1.49. The number of rotatable bonds is 14. The number of aromatic nitrogens is 4. The zero-order valence-corrected chi connectivity index (χ0v) is 43.3. The van der Waals surface area contributed by atoms with Gasteiger partial charge in [-0.15, -0.1) is 0 Å². The normalized spacial score (nSPS) is 14.5. The number of methoxy groups -OCH3 is 3. The molecule has 3 aromatic heterocycles. The summed E-state index contributed by atoms with van der Waals surface area (Å²) in [6.45, 7) is 1.75. The van der Waals surface area contributed by atoms with Crippen LogP contribution in [-0.2, 0) is 28.2 Å². The SMILES string of the molecule is COc1ccc(C(OC[C@@H]2COc3ccc(OCc4ccnc(-c5ccccc5OC)n4)c(c3)C[C@H](C(=O)O)Oc3ncnc4oc(Br)c(c34)-c3ccc(c(Cl)c3C)O2)(c2ccccc2)c2ccc(OC)cc2)cc1. The van der Waals surface area contributed by atoms with Gasteiger partial charge in [0.25, 0.3) is 0 Å². The first-order valence-corrected chi connectivity index (χ1v) is 24.8. The number of halogens is 2. The molecule has 15 nitrogen and oxygen atoms in total. The number of nitrogens with zero attached hydrogens (tertiary/aromatic N) is 4. The summed E-state index contributed by atoms with van der Waals surface area (Å²) in [5, 5.41) is 11.5. The van der Waals surface area contributed by atoms with Crippen LogP contribution >= 0.6 is 27.5 Å². The fourth-order valence-corrected chi connectivity index (χ4v) is 9.83. The van der Waals surface area contributed by atoms with Crippen molar-refractivity contribution in [1.82, 2.24) is 19.9 Å². The van der Waals surface area contributed by atoms with E-state index in [9.17, 15) is 9.90 Å². The summed E-state index contributed by atoms with van der Waals surface area (Å²) in [5.41, 5.74) is 4.90. The van der Waals surface area contributed by atoms with Crippen LogP contribution in [0, 0.1) is 6.92 Å². The molecule has 2 aliphatic heterocycles. The summed E-state index contributed by atoms with van der Waals surface area (Å²) in [7, 11) is 4.83. The highest BCUT2D eigenvalue weighted by Crippen LogP contribution is 2.47. The molecule has 2 atom stereocenters. The first kappa shape index (κ1) is 50.4.